The molecule has 0 saturated heterocycles. The highest BCUT2D eigenvalue weighted by molar-refractivity contribution is 7.53. The number of aliphatic hydroxyl groups excluding tert-OH is 1. The van der Waals surface area contributed by atoms with Crippen molar-refractivity contribution in [1.29, 1.82) is 0 Å². The number of nitrogens with one attached hydrogen (secondary N) is 1. The van der Waals surface area contributed by atoms with Crippen molar-refractivity contribution in [2.45, 2.75) is 124 Å². The third kappa shape index (κ3) is 10.4. The third-order valence-corrected chi connectivity index (χ3v) is 17.5. The Morgan fingerprint density at radius 2 is 1.36 bits per heavy atom. The molecule has 9 heteroatoms. The first-order valence-electron chi connectivity index (χ1n) is 22.6. The van der Waals surface area contributed by atoms with Crippen LogP contribution in [-0.4, -0.2) is 35.8 Å². The molecule has 0 spiro atoms. The monoisotopic (exact) mass is 825 g/mol. The summed E-state index contributed by atoms with van der Waals surface area (Å²) >= 11 is 0. The van der Waals surface area contributed by atoms with Crippen molar-refractivity contribution in [1.82, 2.24) is 5.32 Å². The number of rotatable bonds is 18. The van der Waals surface area contributed by atoms with E-state index >= 15 is 0 Å². The van der Waals surface area contributed by atoms with Gasteiger partial charge in [0.2, 0.25) is 5.91 Å². The fraction of sp³-hybridized carbons (Fsp3) is 0.600. The van der Waals surface area contributed by atoms with Crippen LogP contribution in [0.4, 0.5) is 0 Å². The van der Waals surface area contributed by atoms with Crippen molar-refractivity contribution < 1.29 is 33.0 Å². The predicted octanol–water partition coefficient (Wildman–Crippen LogP) is 10.9. The zero-order chi connectivity index (χ0) is 41.5. The van der Waals surface area contributed by atoms with Gasteiger partial charge in [-0.3, -0.25) is 14.2 Å². The third-order valence-electron chi connectivity index (χ3n) is 15.5. The van der Waals surface area contributed by atoms with E-state index in [9.17, 15) is 19.3 Å². The molecule has 4 aliphatic rings. The lowest BCUT2D eigenvalue weighted by Gasteiger charge is -2.62. The van der Waals surface area contributed by atoms with E-state index in [1.165, 1.54) is 51.4 Å². The van der Waals surface area contributed by atoms with Gasteiger partial charge in [-0.25, -0.2) is 0 Å². The van der Waals surface area contributed by atoms with Crippen LogP contribution in [0, 0.1) is 52.3 Å². The molecule has 10 atom stereocenters. The van der Waals surface area contributed by atoms with Gasteiger partial charge >= 0.3 is 13.6 Å². The van der Waals surface area contributed by atoms with Crippen LogP contribution in [0.2, 0.25) is 0 Å². The number of amides is 1. The van der Waals surface area contributed by atoms with E-state index in [1.807, 2.05) is 91.0 Å². The minimum absolute atomic E-state index is 0.0554. The quantitative estimate of drug-likeness (QED) is 0.0970. The standard InChI is InChI=1S/C50H68NO7P/c1-36(42-23-24-43-47-44(26-29-50(42,43)3)49(2)28-14-13-21-41(49)31-45(47)52)27-30-51-46(53)25-22-40(48(54)56-32-37-15-7-4-8-16-37)35-59(55,57-33-38-17-9-5-10-18-38)58-34-39-19-11-6-12-20-39/h4-12,15-20,36,40-45,47,52H,13-14,21-35H2,1-3H3,(H,51,53)/t36-,40?,41?,42?,43?,44?,45?,47?,49?,50?/m1/s1. The first-order valence-corrected chi connectivity index (χ1v) is 24.3. The maximum absolute atomic E-state index is 14.5. The molecule has 8 nitrogen and oxygen atoms in total. The molecule has 0 radical (unpaired) electrons. The smallest absolute Gasteiger partial charge is 0.332 e. The molecule has 4 saturated carbocycles. The van der Waals surface area contributed by atoms with Crippen LogP contribution in [0.25, 0.3) is 0 Å². The Morgan fingerprint density at radius 3 is 1.98 bits per heavy atom. The van der Waals surface area contributed by atoms with Gasteiger partial charge in [-0.2, -0.15) is 0 Å². The van der Waals surface area contributed by atoms with E-state index in [0.29, 0.717) is 47.5 Å². The maximum atomic E-state index is 14.5. The molecule has 3 aromatic carbocycles. The van der Waals surface area contributed by atoms with Gasteiger partial charge in [0, 0.05) is 13.0 Å². The molecule has 320 valence electrons. The molecule has 59 heavy (non-hydrogen) atoms. The van der Waals surface area contributed by atoms with Crippen LogP contribution >= 0.6 is 7.60 Å². The van der Waals surface area contributed by atoms with Crippen LogP contribution < -0.4 is 5.32 Å². The second-order valence-corrected chi connectivity index (χ2v) is 21.1. The summed E-state index contributed by atoms with van der Waals surface area (Å²) < 4.78 is 32.4. The van der Waals surface area contributed by atoms with Crippen LogP contribution in [0.15, 0.2) is 91.0 Å². The van der Waals surface area contributed by atoms with E-state index in [2.05, 4.69) is 26.1 Å². The molecule has 4 fully saturated rings. The Hall–Kier alpha value is -3.29. The van der Waals surface area contributed by atoms with Crippen molar-refractivity contribution in [2.24, 2.45) is 52.3 Å². The Balaban J connectivity index is 0.959. The van der Waals surface area contributed by atoms with Crippen LogP contribution in [0.3, 0.4) is 0 Å². The van der Waals surface area contributed by atoms with Crippen LogP contribution in [-0.2, 0) is 47.8 Å². The van der Waals surface area contributed by atoms with E-state index in [1.54, 1.807) is 0 Å². The number of benzene rings is 3. The summed E-state index contributed by atoms with van der Waals surface area (Å²) in [5, 5.41) is 14.8. The summed E-state index contributed by atoms with van der Waals surface area (Å²) in [6.45, 7) is 8.18. The number of ether oxygens (including phenoxy) is 1. The second-order valence-electron chi connectivity index (χ2n) is 19.0. The van der Waals surface area contributed by atoms with Crippen molar-refractivity contribution in [3.8, 4) is 0 Å². The first-order chi connectivity index (χ1) is 28.5. The molecule has 3 aromatic rings. The maximum Gasteiger partial charge on any atom is 0.332 e. The molecule has 0 bridgehead atoms. The summed E-state index contributed by atoms with van der Waals surface area (Å²) in [7, 11) is -3.85. The summed E-state index contributed by atoms with van der Waals surface area (Å²) in [5.41, 5.74) is 3.11. The van der Waals surface area contributed by atoms with E-state index in [-0.39, 0.29) is 56.3 Å². The van der Waals surface area contributed by atoms with Gasteiger partial charge in [0.1, 0.15) is 6.61 Å². The van der Waals surface area contributed by atoms with Gasteiger partial charge in [0.15, 0.2) is 0 Å². The van der Waals surface area contributed by atoms with Gasteiger partial charge in [-0.05, 0) is 121 Å². The number of esters is 1. The predicted molar refractivity (Wildman–Crippen MR) is 232 cm³/mol. The average Bonchev–Trinajstić information content (AvgIpc) is 3.61. The molecule has 2 N–H and O–H groups in total. The molecule has 7 rings (SSSR count). The summed E-state index contributed by atoms with van der Waals surface area (Å²) in [5.74, 6) is 1.76. The van der Waals surface area contributed by atoms with E-state index < -0.39 is 19.5 Å². The van der Waals surface area contributed by atoms with Crippen molar-refractivity contribution >= 4 is 19.5 Å². The summed E-state index contributed by atoms with van der Waals surface area (Å²) in [6, 6.07) is 28.4. The fourth-order valence-electron chi connectivity index (χ4n) is 12.3. The van der Waals surface area contributed by atoms with Gasteiger partial charge < -0.3 is 24.2 Å². The fourth-order valence-corrected chi connectivity index (χ4v) is 14.1. The lowest BCUT2D eigenvalue weighted by Crippen LogP contribution is -2.57. The average molecular weight is 826 g/mol. The molecule has 1 amide bonds. The molecular formula is C50H68NO7P. The van der Waals surface area contributed by atoms with Gasteiger partial charge in [0.05, 0.1) is 31.4 Å². The zero-order valence-electron chi connectivity index (χ0n) is 35.6. The van der Waals surface area contributed by atoms with Gasteiger partial charge in [-0.1, -0.05) is 125 Å². The van der Waals surface area contributed by atoms with E-state index in [4.69, 9.17) is 13.8 Å². The summed E-state index contributed by atoms with van der Waals surface area (Å²) in [6.07, 6.45) is 11.9. The Morgan fingerprint density at radius 1 is 0.763 bits per heavy atom. The highest BCUT2D eigenvalue weighted by atomic mass is 31.2. The molecule has 0 aromatic heterocycles. The number of aliphatic hydroxyl groups is 1. The van der Waals surface area contributed by atoms with Gasteiger partial charge in [-0.15, -0.1) is 0 Å². The minimum atomic E-state index is -3.85. The van der Waals surface area contributed by atoms with Crippen LogP contribution in [0.5, 0.6) is 0 Å². The van der Waals surface area contributed by atoms with Crippen molar-refractivity contribution in [2.75, 3.05) is 12.7 Å². The Kier molecular flexibility index (Phi) is 14.6. The topological polar surface area (TPSA) is 111 Å². The van der Waals surface area contributed by atoms with Crippen molar-refractivity contribution in [3.05, 3.63) is 108 Å². The lowest BCUT2D eigenvalue weighted by atomic mass is 9.44. The Bertz CT molecular complexity index is 1810. The van der Waals surface area contributed by atoms with Crippen molar-refractivity contribution in [3.63, 3.8) is 0 Å². The lowest BCUT2D eigenvalue weighted by molar-refractivity contribution is -0.164. The number of carbonyl (C=O) groups excluding carboxylic acids is 2. The number of carbonyl (C=O) groups is 2. The minimum Gasteiger partial charge on any atom is -0.461 e. The Labute approximate surface area is 353 Å². The summed E-state index contributed by atoms with van der Waals surface area (Å²) in [4.78, 5) is 27.2. The van der Waals surface area contributed by atoms with E-state index in [0.717, 1.165) is 29.5 Å². The first kappa shape index (κ1) is 43.8. The highest BCUT2D eigenvalue weighted by Crippen LogP contribution is 2.68. The zero-order valence-corrected chi connectivity index (χ0v) is 36.5. The number of hydrogen-bond donors (Lipinski definition) is 2. The van der Waals surface area contributed by atoms with Gasteiger partial charge in [0.25, 0.3) is 0 Å². The molecular weight excluding hydrogens is 758 g/mol. The SMILES string of the molecule is C[C@H](CCNC(=O)CCC(CP(=O)(OCc1ccccc1)OCc1ccccc1)C(=O)OCc1ccccc1)C1CCC2C3C(O)CC4CCCCC4(C)C3CCC21C. The molecule has 0 heterocycles. The second kappa shape index (κ2) is 19.6. The molecule has 4 aliphatic carbocycles. The normalized spacial score (nSPS) is 30.0. The number of fused-ring (bicyclic) bond motifs is 5. The highest BCUT2D eigenvalue weighted by Gasteiger charge is 2.62. The van der Waals surface area contributed by atoms with Crippen LogP contribution in [0.1, 0.15) is 115 Å². The molecule has 9 unspecified atom stereocenters. The largest absolute Gasteiger partial charge is 0.461 e. The number of hydrogen-bond acceptors (Lipinski definition) is 7. The molecule has 0 aliphatic heterocycles.